The van der Waals surface area contributed by atoms with E-state index >= 15 is 0 Å². The second kappa shape index (κ2) is 11.5. The Kier molecular flexibility index (Phi) is 8.71. The molecule has 2 aromatic heterocycles. The van der Waals surface area contributed by atoms with Crippen LogP contribution in [0, 0.1) is 6.92 Å². The number of nitrogens with zero attached hydrogens (tertiary/aromatic N) is 4. The summed E-state index contributed by atoms with van der Waals surface area (Å²) in [7, 11) is 1.80. The summed E-state index contributed by atoms with van der Waals surface area (Å²) < 4.78 is 2.11. The molecule has 0 saturated carbocycles. The van der Waals surface area contributed by atoms with Crippen LogP contribution in [0.2, 0.25) is 0 Å². The van der Waals surface area contributed by atoms with E-state index in [0.717, 1.165) is 30.4 Å². The first kappa shape index (κ1) is 23.5. The number of hydrogen-bond acceptors (Lipinski definition) is 3. The maximum Gasteiger partial charge on any atom is 0.191 e. The smallest absolute Gasteiger partial charge is 0.191 e. The van der Waals surface area contributed by atoms with Crippen LogP contribution in [0.1, 0.15) is 41.8 Å². The predicted octanol–water partition coefficient (Wildman–Crippen LogP) is 4.11. The number of fused-ring (bicyclic) bond motifs is 1. The van der Waals surface area contributed by atoms with Gasteiger partial charge in [0.1, 0.15) is 5.65 Å². The molecule has 2 N–H and O–H groups in total. The van der Waals surface area contributed by atoms with E-state index < -0.39 is 0 Å². The zero-order chi connectivity index (χ0) is 20.8. The van der Waals surface area contributed by atoms with Gasteiger partial charge in [0.25, 0.3) is 0 Å². The third kappa shape index (κ3) is 6.43. The molecular weight excluding hydrogens is 499 g/mol. The molecule has 166 valence electrons. The third-order valence-corrected chi connectivity index (χ3v) is 5.74. The highest BCUT2D eigenvalue weighted by atomic mass is 127. The number of likely N-dealkylation sites (tertiary alicyclic amines) is 1. The molecule has 0 radical (unpaired) electrons. The van der Waals surface area contributed by atoms with E-state index in [1.165, 1.54) is 49.2 Å². The fourth-order valence-electron chi connectivity index (χ4n) is 4.00. The highest BCUT2D eigenvalue weighted by molar-refractivity contribution is 14.0. The van der Waals surface area contributed by atoms with Gasteiger partial charge in [0.15, 0.2) is 5.96 Å². The number of aliphatic imine (C=N–C) groups is 1. The zero-order valence-corrected chi connectivity index (χ0v) is 20.8. The van der Waals surface area contributed by atoms with E-state index in [2.05, 4.69) is 73.4 Å². The lowest BCUT2D eigenvalue weighted by molar-refractivity contribution is 0.221. The number of nitrogens with one attached hydrogen (secondary N) is 2. The predicted molar refractivity (Wildman–Crippen MR) is 138 cm³/mol. The minimum absolute atomic E-state index is 0. The fourth-order valence-corrected chi connectivity index (χ4v) is 4.00. The van der Waals surface area contributed by atoms with Crippen LogP contribution in [0.5, 0.6) is 0 Å². The van der Waals surface area contributed by atoms with Gasteiger partial charge in [-0.15, -0.1) is 24.0 Å². The summed E-state index contributed by atoms with van der Waals surface area (Å²) in [5.41, 5.74) is 5.79. The van der Waals surface area contributed by atoms with Crippen LogP contribution in [0.15, 0.2) is 53.7 Å². The Morgan fingerprint density at radius 3 is 2.39 bits per heavy atom. The quantitative estimate of drug-likeness (QED) is 0.285. The lowest BCUT2D eigenvalue weighted by Gasteiger charge is -2.26. The Labute approximate surface area is 202 Å². The lowest BCUT2D eigenvalue weighted by atomic mass is 10.1. The molecule has 1 aliphatic heterocycles. The fraction of sp³-hybridized carbons (Fsp3) is 0.417. The van der Waals surface area contributed by atoms with E-state index in [4.69, 9.17) is 0 Å². The minimum atomic E-state index is 0. The number of aromatic nitrogens is 2. The van der Waals surface area contributed by atoms with Crippen molar-refractivity contribution >= 4 is 35.6 Å². The molecule has 7 heteroatoms. The van der Waals surface area contributed by atoms with E-state index in [-0.39, 0.29) is 24.0 Å². The molecule has 1 saturated heterocycles. The SMILES string of the molecule is CN=C(NCc1ccc(CN2CCCCC2)cc1)NCc1cn2c(C)cccc2n1.I. The monoisotopic (exact) mass is 532 g/mol. The van der Waals surface area contributed by atoms with E-state index in [1.54, 1.807) is 7.05 Å². The van der Waals surface area contributed by atoms with Gasteiger partial charge < -0.3 is 15.0 Å². The van der Waals surface area contributed by atoms with Gasteiger partial charge in [0.05, 0.1) is 12.2 Å². The Morgan fingerprint density at radius 1 is 0.968 bits per heavy atom. The molecule has 6 nitrogen and oxygen atoms in total. The summed E-state index contributed by atoms with van der Waals surface area (Å²) in [6.45, 7) is 7.00. The molecule has 1 aliphatic rings. The first-order valence-electron chi connectivity index (χ1n) is 10.9. The first-order chi connectivity index (χ1) is 14.7. The Bertz CT molecular complexity index is 989. The summed E-state index contributed by atoms with van der Waals surface area (Å²) in [6.07, 6.45) is 6.13. The summed E-state index contributed by atoms with van der Waals surface area (Å²) in [4.78, 5) is 11.6. The van der Waals surface area contributed by atoms with E-state index in [0.29, 0.717) is 6.54 Å². The minimum Gasteiger partial charge on any atom is -0.352 e. The van der Waals surface area contributed by atoms with Gasteiger partial charge in [-0.25, -0.2) is 4.98 Å². The molecule has 0 amide bonds. The summed E-state index contributed by atoms with van der Waals surface area (Å²) in [6, 6.07) is 15.1. The molecule has 4 rings (SSSR count). The van der Waals surface area contributed by atoms with Crippen LogP contribution >= 0.6 is 24.0 Å². The van der Waals surface area contributed by atoms with Crippen molar-refractivity contribution in [3.63, 3.8) is 0 Å². The summed E-state index contributed by atoms with van der Waals surface area (Å²) >= 11 is 0. The molecule has 0 spiro atoms. The van der Waals surface area contributed by atoms with Gasteiger partial charge >= 0.3 is 0 Å². The Morgan fingerprint density at radius 2 is 1.68 bits per heavy atom. The second-order valence-electron chi connectivity index (χ2n) is 8.06. The maximum atomic E-state index is 4.67. The largest absolute Gasteiger partial charge is 0.352 e. The van der Waals surface area contributed by atoms with Crippen molar-refractivity contribution in [3.8, 4) is 0 Å². The molecule has 1 fully saturated rings. The number of guanidine groups is 1. The first-order valence-corrected chi connectivity index (χ1v) is 10.9. The summed E-state index contributed by atoms with van der Waals surface area (Å²) in [5, 5.41) is 6.75. The van der Waals surface area contributed by atoms with Crippen LogP contribution in [-0.2, 0) is 19.6 Å². The topological polar surface area (TPSA) is 57.0 Å². The molecule has 0 unspecified atom stereocenters. The highest BCUT2D eigenvalue weighted by Crippen LogP contribution is 2.13. The molecule has 31 heavy (non-hydrogen) atoms. The normalized spacial score (nSPS) is 15.0. The molecular formula is C24H33IN6. The Hall–Kier alpha value is -2.13. The van der Waals surface area contributed by atoms with Gasteiger partial charge in [-0.3, -0.25) is 9.89 Å². The standard InChI is InChI=1S/C24H32N6.HI/c1-19-7-6-8-23-28-22(18-30(19)23)16-27-24(25-2)26-15-20-9-11-21(12-10-20)17-29-13-4-3-5-14-29;/h6-12,18H,3-5,13-17H2,1-2H3,(H2,25,26,27);1H. The van der Waals surface area contributed by atoms with Crippen LogP contribution in [-0.4, -0.2) is 40.4 Å². The maximum absolute atomic E-state index is 4.67. The van der Waals surface area contributed by atoms with Crippen LogP contribution < -0.4 is 10.6 Å². The van der Waals surface area contributed by atoms with Crippen molar-refractivity contribution < 1.29 is 0 Å². The van der Waals surface area contributed by atoms with E-state index in [9.17, 15) is 0 Å². The number of halogens is 1. The van der Waals surface area contributed by atoms with Crippen molar-refractivity contribution in [2.45, 2.75) is 45.8 Å². The number of rotatable bonds is 6. The van der Waals surface area contributed by atoms with Crippen LogP contribution in [0.25, 0.3) is 5.65 Å². The van der Waals surface area contributed by atoms with Gasteiger partial charge in [-0.1, -0.05) is 36.8 Å². The molecule has 3 heterocycles. The molecule has 1 aromatic carbocycles. The summed E-state index contributed by atoms with van der Waals surface area (Å²) in [5.74, 6) is 0.779. The molecule has 0 atom stereocenters. The van der Waals surface area contributed by atoms with Crippen molar-refractivity contribution in [1.82, 2.24) is 24.9 Å². The third-order valence-electron chi connectivity index (χ3n) is 5.74. The van der Waals surface area contributed by atoms with Gasteiger partial charge in [0.2, 0.25) is 0 Å². The van der Waals surface area contributed by atoms with Crippen LogP contribution in [0.3, 0.4) is 0 Å². The molecule has 0 aliphatic carbocycles. The molecule has 0 bridgehead atoms. The van der Waals surface area contributed by atoms with Crippen molar-refractivity contribution in [2.75, 3.05) is 20.1 Å². The molecule has 3 aromatic rings. The van der Waals surface area contributed by atoms with Crippen LogP contribution in [0.4, 0.5) is 0 Å². The highest BCUT2D eigenvalue weighted by Gasteiger charge is 2.10. The number of piperidine rings is 1. The number of pyridine rings is 1. The van der Waals surface area contributed by atoms with Gasteiger partial charge in [-0.2, -0.15) is 0 Å². The van der Waals surface area contributed by atoms with Gasteiger partial charge in [-0.05, 0) is 56.1 Å². The van der Waals surface area contributed by atoms with Crippen molar-refractivity contribution in [3.05, 3.63) is 71.2 Å². The number of hydrogen-bond donors (Lipinski definition) is 2. The average Bonchev–Trinajstić information content (AvgIpc) is 3.20. The number of imidazole rings is 1. The second-order valence-corrected chi connectivity index (χ2v) is 8.06. The van der Waals surface area contributed by atoms with Gasteiger partial charge in [0, 0.05) is 32.0 Å². The zero-order valence-electron chi connectivity index (χ0n) is 18.5. The Balaban J connectivity index is 0.00000272. The lowest BCUT2D eigenvalue weighted by Crippen LogP contribution is -2.36. The van der Waals surface area contributed by atoms with E-state index in [1.807, 2.05) is 12.1 Å². The van der Waals surface area contributed by atoms with Crippen molar-refractivity contribution in [2.24, 2.45) is 4.99 Å². The number of aryl methyl sites for hydroxylation is 1. The van der Waals surface area contributed by atoms with Crippen molar-refractivity contribution in [1.29, 1.82) is 0 Å². The average molecular weight is 532 g/mol. The number of benzene rings is 1.